The Bertz CT molecular complexity index is 384. The molecule has 1 unspecified atom stereocenters. The number of ether oxygens (including phenoxy) is 1. The first kappa shape index (κ1) is 10.2. The van der Waals surface area contributed by atoms with Crippen LogP contribution in [0.2, 0.25) is 0 Å². The molecule has 1 heterocycles. The molecule has 2 nitrogen and oxygen atoms in total. The summed E-state index contributed by atoms with van der Waals surface area (Å²) in [6.45, 7) is 4.07. The van der Waals surface area contributed by atoms with Crippen LogP contribution in [0.15, 0.2) is 18.2 Å². The van der Waals surface area contributed by atoms with Crippen LogP contribution in [-0.4, -0.2) is 13.2 Å². The standard InChI is InChI=1S/C14H19NO/c1-2-15-13(10-6-7-10)12-5-3-4-11-8-9-16-14(11)12/h3-5,10,13,15H,2,6-9H2,1H3. The van der Waals surface area contributed by atoms with Gasteiger partial charge >= 0.3 is 0 Å². The zero-order chi connectivity index (χ0) is 11.0. The number of hydrogen-bond acceptors (Lipinski definition) is 2. The van der Waals surface area contributed by atoms with Gasteiger partial charge in [-0.15, -0.1) is 0 Å². The maximum atomic E-state index is 5.79. The number of hydrogen-bond donors (Lipinski definition) is 1. The topological polar surface area (TPSA) is 21.3 Å². The van der Waals surface area contributed by atoms with Gasteiger partial charge in [0.1, 0.15) is 5.75 Å². The van der Waals surface area contributed by atoms with E-state index in [-0.39, 0.29) is 0 Å². The molecular weight excluding hydrogens is 198 g/mol. The summed E-state index contributed by atoms with van der Waals surface area (Å²) in [4.78, 5) is 0. The summed E-state index contributed by atoms with van der Waals surface area (Å²) in [7, 11) is 0. The molecule has 86 valence electrons. The summed E-state index contributed by atoms with van der Waals surface area (Å²) < 4.78 is 5.79. The van der Waals surface area contributed by atoms with Crippen molar-refractivity contribution >= 4 is 0 Å². The Labute approximate surface area is 97.0 Å². The van der Waals surface area contributed by atoms with Crippen LogP contribution >= 0.6 is 0 Å². The minimum Gasteiger partial charge on any atom is -0.493 e. The minimum atomic E-state index is 0.512. The van der Waals surface area contributed by atoms with E-state index in [0.717, 1.165) is 25.5 Å². The second-order valence-corrected chi connectivity index (χ2v) is 4.81. The first-order chi connectivity index (χ1) is 7.90. The van der Waals surface area contributed by atoms with Crippen LogP contribution in [0.25, 0.3) is 0 Å². The highest BCUT2D eigenvalue weighted by Crippen LogP contribution is 2.45. The van der Waals surface area contributed by atoms with Crippen molar-refractivity contribution in [2.75, 3.05) is 13.2 Å². The van der Waals surface area contributed by atoms with Crippen molar-refractivity contribution in [2.24, 2.45) is 5.92 Å². The van der Waals surface area contributed by atoms with Crippen molar-refractivity contribution in [1.29, 1.82) is 0 Å². The third kappa shape index (κ3) is 1.71. The van der Waals surface area contributed by atoms with E-state index >= 15 is 0 Å². The second kappa shape index (κ2) is 4.10. The first-order valence-corrected chi connectivity index (χ1v) is 6.38. The van der Waals surface area contributed by atoms with Gasteiger partial charge in [-0.3, -0.25) is 0 Å². The minimum absolute atomic E-state index is 0.512. The van der Waals surface area contributed by atoms with Crippen molar-refractivity contribution in [3.63, 3.8) is 0 Å². The zero-order valence-corrected chi connectivity index (χ0v) is 9.83. The lowest BCUT2D eigenvalue weighted by Gasteiger charge is -2.20. The van der Waals surface area contributed by atoms with E-state index in [1.807, 2.05) is 0 Å². The van der Waals surface area contributed by atoms with Gasteiger partial charge in [-0.25, -0.2) is 0 Å². The van der Waals surface area contributed by atoms with E-state index in [4.69, 9.17) is 4.74 Å². The van der Waals surface area contributed by atoms with E-state index < -0.39 is 0 Å². The fourth-order valence-electron chi connectivity index (χ4n) is 2.67. The third-order valence-corrected chi connectivity index (χ3v) is 3.60. The van der Waals surface area contributed by atoms with Gasteiger partial charge in [0.05, 0.1) is 6.61 Å². The van der Waals surface area contributed by atoms with Crippen molar-refractivity contribution < 1.29 is 4.74 Å². The molecule has 0 aromatic heterocycles. The van der Waals surface area contributed by atoms with Gasteiger partial charge in [0.2, 0.25) is 0 Å². The predicted octanol–water partition coefficient (Wildman–Crippen LogP) is 2.68. The van der Waals surface area contributed by atoms with Gasteiger partial charge < -0.3 is 10.1 Å². The largest absolute Gasteiger partial charge is 0.493 e. The SMILES string of the molecule is CCNC(c1cccc2c1OCC2)C1CC1. The molecule has 1 saturated carbocycles. The van der Waals surface area contributed by atoms with Crippen molar-refractivity contribution in [3.8, 4) is 5.75 Å². The molecule has 1 aromatic rings. The molecule has 1 atom stereocenters. The fourth-order valence-corrected chi connectivity index (χ4v) is 2.67. The van der Waals surface area contributed by atoms with Gasteiger partial charge in [-0.1, -0.05) is 25.1 Å². The maximum absolute atomic E-state index is 5.79. The van der Waals surface area contributed by atoms with Gasteiger partial charge in [-0.05, 0) is 30.9 Å². The highest BCUT2D eigenvalue weighted by atomic mass is 16.5. The lowest BCUT2D eigenvalue weighted by atomic mass is 9.98. The third-order valence-electron chi connectivity index (χ3n) is 3.60. The molecule has 1 fully saturated rings. The molecule has 1 aromatic carbocycles. The van der Waals surface area contributed by atoms with E-state index in [1.54, 1.807) is 0 Å². The highest BCUT2D eigenvalue weighted by Gasteiger charge is 2.34. The van der Waals surface area contributed by atoms with Gasteiger partial charge in [-0.2, -0.15) is 0 Å². The van der Waals surface area contributed by atoms with Crippen LogP contribution < -0.4 is 10.1 Å². The Hall–Kier alpha value is -1.02. The van der Waals surface area contributed by atoms with Crippen LogP contribution in [-0.2, 0) is 6.42 Å². The molecule has 2 heteroatoms. The monoisotopic (exact) mass is 217 g/mol. The van der Waals surface area contributed by atoms with Crippen molar-refractivity contribution in [1.82, 2.24) is 5.32 Å². The Morgan fingerprint density at radius 2 is 2.31 bits per heavy atom. The smallest absolute Gasteiger partial charge is 0.127 e. The normalized spacial score (nSPS) is 20.3. The molecule has 0 spiro atoms. The molecule has 1 aliphatic heterocycles. The predicted molar refractivity (Wildman–Crippen MR) is 64.8 cm³/mol. The Morgan fingerprint density at radius 3 is 3.06 bits per heavy atom. The Kier molecular flexibility index (Phi) is 2.60. The van der Waals surface area contributed by atoms with E-state index in [0.29, 0.717) is 6.04 Å². The summed E-state index contributed by atoms with van der Waals surface area (Å²) in [5, 5.41) is 3.61. The molecule has 3 rings (SSSR count). The molecule has 0 bridgehead atoms. The van der Waals surface area contributed by atoms with Crippen LogP contribution in [0.1, 0.15) is 36.9 Å². The van der Waals surface area contributed by atoms with E-state index in [9.17, 15) is 0 Å². The fraction of sp³-hybridized carbons (Fsp3) is 0.571. The zero-order valence-electron chi connectivity index (χ0n) is 9.83. The molecule has 2 aliphatic rings. The first-order valence-electron chi connectivity index (χ1n) is 6.38. The summed E-state index contributed by atoms with van der Waals surface area (Å²) in [6, 6.07) is 7.12. The second-order valence-electron chi connectivity index (χ2n) is 4.81. The highest BCUT2D eigenvalue weighted by molar-refractivity contribution is 5.46. The number of nitrogens with one attached hydrogen (secondary N) is 1. The average Bonchev–Trinajstić information content (AvgIpc) is 3.02. The summed E-state index contributed by atoms with van der Waals surface area (Å²) in [5.41, 5.74) is 2.78. The summed E-state index contributed by atoms with van der Waals surface area (Å²) in [5.74, 6) is 2.00. The number of para-hydroxylation sites is 1. The quantitative estimate of drug-likeness (QED) is 0.837. The van der Waals surface area contributed by atoms with Crippen LogP contribution in [0.4, 0.5) is 0 Å². The molecule has 0 saturated heterocycles. The molecule has 16 heavy (non-hydrogen) atoms. The molecule has 0 amide bonds. The Balaban J connectivity index is 1.94. The Morgan fingerprint density at radius 1 is 1.44 bits per heavy atom. The van der Waals surface area contributed by atoms with Crippen molar-refractivity contribution in [3.05, 3.63) is 29.3 Å². The van der Waals surface area contributed by atoms with Gasteiger partial charge in [0.15, 0.2) is 0 Å². The average molecular weight is 217 g/mol. The molecular formula is C14H19NO. The number of rotatable bonds is 4. The number of fused-ring (bicyclic) bond motifs is 1. The van der Waals surface area contributed by atoms with Crippen molar-refractivity contribution in [2.45, 2.75) is 32.2 Å². The lowest BCUT2D eigenvalue weighted by molar-refractivity contribution is 0.345. The van der Waals surface area contributed by atoms with Gasteiger partial charge in [0.25, 0.3) is 0 Å². The van der Waals surface area contributed by atoms with Crippen LogP contribution in [0.3, 0.4) is 0 Å². The maximum Gasteiger partial charge on any atom is 0.127 e. The van der Waals surface area contributed by atoms with E-state index in [2.05, 4.69) is 30.4 Å². The number of benzene rings is 1. The molecule has 1 N–H and O–H groups in total. The summed E-state index contributed by atoms with van der Waals surface area (Å²) >= 11 is 0. The molecule has 1 aliphatic carbocycles. The van der Waals surface area contributed by atoms with Crippen LogP contribution in [0.5, 0.6) is 5.75 Å². The molecule has 0 radical (unpaired) electrons. The summed E-state index contributed by atoms with van der Waals surface area (Å²) in [6.07, 6.45) is 3.80. The lowest BCUT2D eigenvalue weighted by Crippen LogP contribution is -2.23. The van der Waals surface area contributed by atoms with Gasteiger partial charge in [0, 0.05) is 18.0 Å². The van der Waals surface area contributed by atoms with E-state index in [1.165, 1.54) is 29.7 Å². The van der Waals surface area contributed by atoms with Crippen LogP contribution in [0, 0.1) is 5.92 Å².